The van der Waals surface area contributed by atoms with Crippen molar-refractivity contribution >= 4 is 5.82 Å². The topological polar surface area (TPSA) is 64.7 Å². The van der Waals surface area contributed by atoms with Crippen LogP contribution in [-0.4, -0.2) is 15.0 Å². The summed E-state index contributed by atoms with van der Waals surface area (Å²) in [7, 11) is 0. The van der Waals surface area contributed by atoms with Gasteiger partial charge < -0.3 is 5.73 Å². The van der Waals surface area contributed by atoms with E-state index in [0.717, 1.165) is 11.4 Å². The molecule has 0 atom stereocenters. The number of nitrogens with zero attached hydrogens (tertiary/aromatic N) is 3. The van der Waals surface area contributed by atoms with Gasteiger partial charge in [0.25, 0.3) is 0 Å². The molecule has 80 valence electrons. The Labute approximate surface area is 93.6 Å². The molecule has 0 unspecified atom stereocenters. The van der Waals surface area contributed by atoms with Crippen molar-refractivity contribution in [1.29, 1.82) is 0 Å². The summed E-state index contributed by atoms with van der Waals surface area (Å²) < 4.78 is 0. The number of aromatic nitrogens is 3. The second-order valence-corrected chi connectivity index (χ2v) is 4.03. The highest BCUT2D eigenvalue weighted by Crippen LogP contribution is 2.39. The van der Waals surface area contributed by atoms with Gasteiger partial charge in [0.05, 0.1) is 0 Å². The van der Waals surface area contributed by atoms with Gasteiger partial charge in [-0.05, 0) is 25.0 Å². The average Bonchev–Trinajstić information content (AvgIpc) is 3.13. The van der Waals surface area contributed by atoms with Crippen molar-refractivity contribution in [2.45, 2.75) is 18.8 Å². The maximum atomic E-state index is 5.78. The summed E-state index contributed by atoms with van der Waals surface area (Å²) in [5.41, 5.74) is 7.61. The standard InChI is InChI=1S/C12H12N4/c13-11-7-10(8-4-5-8)15-12(16-11)9-3-1-2-6-14-9/h1-3,6-8H,4-5H2,(H2,13,15,16). The van der Waals surface area contributed by atoms with Crippen LogP contribution in [0.15, 0.2) is 30.5 Å². The molecule has 0 amide bonds. The third kappa shape index (κ3) is 1.74. The summed E-state index contributed by atoms with van der Waals surface area (Å²) in [4.78, 5) is 13.0. The maximum Gasteiger partial charge on any atom is 0.180 e. The Balaban J connectivity index is 2.06. The fourth-order valence-corrected chi connectivity index (χ4v) is 1.68. The molecule has 4 heteroatoms. The second kappa shape index (κ2) is 3.56. The normalized spacial score (nSPS) is 15.0. The van der Waals surface area contributed by atoms with Gasteiger partial charge in [-0.2, -0.15) is 0 Å². The van der Waals surface area contributed by atoms with Gasteiger partial charge in [-0.25, -0.2) is 9.97 Å². The predicted molar refractivity (Wildman–Crippen MR) is 61.7 cm³/mol. The molecule has 0 aromatic carbocycles. The third-order valence-corrected chi connectivity index (χ3v) is 2.66. The van der Waals surface area contributed by atoms with Gasteiger partial charge in [-0.15, -0.1) is 0 Å². The van der Waals surface area contributed by atoms with E-state index < -0.39 is 0 Å². The van der Waals surface area contributed by atoms with Crippen LogP contribution in [0.3, 0.4) is 0 Å². The molecule has 3 rings (SSSR count). The summed E-state index contributed by atoms with van der Waals surface area (Å²) in [6.07, 6.45) is 4.15. The van der Waals surface area contributed by atoms with Crippen molar-refractivity contribution in [2.75, 3.05) is 5.73 Å². The highest BCUT2D eigenvalue weighted by Gasteiger charge is 2.26. The summed E-state index contributed by atoms with van der Waals surface area (Å²) >= 11 is 0. The Bertz CT molecular complexity index is 506. The Morgan fingerprint density at radius 1 is 1.19 bits per heavy atom. The van der Waals surface area contributed by atoms with E-state index in [-0.39, 0.29) is 0 Å². The fraction of sp³-hybridized carbons (Fsp3) is 0.250. The molecule has 2 aromatic heterocycles. The number of pyridine rings is 1. The first-order chi connectivity index (χ1) is 7.83. The van der Waals surface area contributed by atoms with E-state index in [1.807, 2.05) is 24.3 Å². The van der Waals surface area contributed by atoms with Gasteiger partial charge in [-0.3, -0.25) is 4.98 Å². The van der Waals surface area contributed by atoms with Crippen LogP contribution in [0.5, 0.6) is 0 Å². The van der Waals surface area contributed by atoms with E-state index in [1.165, 1.54) is 12.8 Å². The van der Waals surface area contributed by atoms with Gasteiger partial charge >= 0.3 is 0 Å². The largest absolute Gasteiger partial charge is 0.384 e. The van der Waals surface area contributed by atoms with Crippen LogP contribution in [0.2, 0.25) is 0 Å². The highest BCUT2D eigenvalue weighted by molar-refractivity contribution is 5.52. The lowest BCUT2D eigenvalue weighted by molar-refractivity contribution is 0.992. The molecule has 2 heterocycles. The molecule has 0 radical (unpaired) electrons. The van der Waals surface area contributed by atoms with Crippen molar-refractivity contribution in [2.24, 2.45) is 0 Å². The lowest BCUT2D eigenvalue weighted by Crippen LogP contribution is -2.00. The Morgan fingerprint density at radius 3 is 2.75 bits per heavy atom. The molecule has 2 aromatic rings. The van der Waals surface area contributed by atoms with Crippen molar-refractivity contribution in [1.82, 2.24) is 15.0 Å². The summed E-state index contributed by atoms with van der Waals surface area (Å²) in [5, 5.41) is 0. The molecule has 2 N–H and O–H groups in total. The van der Waals surface area contributed by atoms with Crippen molar-refractivity contribution in [3.05, 3.63) is 36.2 Å². The van der Waals surface area contributed by atoms with Crippen molar-refractivity contribution < 1.29 is 0 Å². The molecule has 1 aliphatic rings. The quantitative estimate of drug-likeness (QED) is 0.826. The maximum absolute atomic E-state index is 5.78. The SMILES string of the molecule is Nc1cc(C2CC2)nc(-c2ccccn2)n1. The molecule has 0 aliphatic heterocycles. The second-order valence-electron chi connectivity index (χ2n) is 4.03. The van der Waals surface area contributed by atoms with Gasteiger partial charge in [0.1, 0.15) is 11.5 Å². The van der Waals surface area contributed by atoms with E-state index in [1.54, 1.807) is 6.20 Å². The minimum absolute atomic E-state index is 0.526. The van der Waals surface area contributed by atoms with Crippen LogP contribution in [0.1, 0.15) is 24.5 Å². The first-order valence-corrected chi connectivity index (χ1v) is 5.39. The molecule has 4 nitrogen and oxygen atoms in total. The van der Waals surface area contributed by atoms with Gasteiger partial charge in [0.2, 0.25) is 0 Å². The number of nitrogens with two attached hydrogens (primary N) is 1. The lowest BCUT2D eigenvalue weighted by Gasteiger charge is -2.03. The molecule has 1 aliphatic carbocycles. The minimum atomic E-state index is 0.526. The fourth-order valence-electron chi connectivity index (χ4n) is 1.68. The molecule has 16 heavy (non-hydrogen) atoms. The molecule has 1 fully saturated rings. The van der Waals surface area contributed by atoms with Crippen molar-refractivity contribution in [3.63, 3.8) is 0 Å². The van der Waals surface area contributed by atoms with Gasteiger partial charge in [0, 0.05) is 23.9 Å². The predicted octanol–water partition coefficient (Wildman–Crippen LogP) is 2.00. The first kappa shape index (κ1) is 9.27. The van der Waals surface area contributed by atoms with Crippen LogP contribution in [0, 0.1) is 0 Å². The van der Waals surface area contributed by atoms with Gasteiger partial charge in [-0.1, -0.05) is 6.07 Å². The molecular formula is C12H12N4. The summed E-state index contributed by atoms with van der Waals surface area (Å²) in [6, 6.07) is 7.55. The van der Waals surface area contributed by atoms with Crippen LogP contribution in [0.25, 0.3) is 11.5 Å². The lowest BCUT2D eigenvalue weighted by atomic mass is 10.2. The first-order valence-electron chi connectivity index (χ1n) is 5.39. The molecular weight excluding hydrogens is 200 g/mol. The van der Waals surface area contributed by atoms with E-state index in [9.17, 15) is 0 Å². The van der Waals surface area contributed by atoms with Crippen LogP contribution in [0.4, 0.5) is 5.82 Å². The van der Waals surface area contributed by atoms with E-state index in [4.69, 9.17) is 5.73 Å². The number of rotatable bonds is 2. The average molecular weight is 212 g/mol. The summed E-state index contributed by atoms with van der Waals surface area (Å²) in [5.74, 6) is 1.73. The summed E-state index contributed by atoms with van der Waals surface area (Å²) in [6.45, 7) is 0. The third-order valence-electron chi connectivity index (χ3n) is 2.66. The van der Waals surface area contributed by atoms with Crippen molar-refractivity contribution in [3.8, 4) is 11.5 Å². The molecule has 0 saturated heterocycles. The zero-order valence-electron chi connectivity index (χ0n) is 8.80. The Kier molecular flexibility index (Phi) is 2.06. The van der Waals surface area contributed by atoms with Gasteiger partial charge in [0.15, 0.2) is 5.82 Å². The van der Waals surface area contributed by atoms with Crippen LogP contribution >= 0.6 is 0 Å². The van der Waals surface area contributed by atoms with E-state index in [0.29, 0.717) is 17.6 Å². The monoisotopic (exact) mass is 212 g/mol. The minimum Gasteiger partial charge on any atom is -0.384 e. The smallest absolute Gasteiger partial charge is 0.180 e. The molecule has 0 spiro atoms. The number of nitrogen functional groups attached to an aromatic ring is 1. The van der Waals surface area contributed by atoms with Crippen LogP contribution in [-0.2, 0) is 0 Å². The molecule has 0 bridgehead atoms. The number of hydrogen-bond acceptors (Lipinski definition) is 4. The zero-order valence-corrected chi connectivity index (χ0v) is 8.80. The number of anilines is 1. The van der Waals surface area contributed by atoms with E-state index in [2.05, 4.69) is 15.0 Å². The Hall–Kier alpha value is -1.97. The Morgan fingerprint density at radius 2 is 2.06 bits per heavy atom. The zero-order chi connectivity index (χ0) is 11.0. The van der Waals surface area contributed by atoms with Crippen LogP contribution < -0.4 is 5.73 Å². The van der Waals surface area contributed by atoms with E-state index >= 15 is 0 Å². The highest BCUT2D eigenvalue weighted by atomic mass is 15.0. The molecule has 1 saturated carbocycles. The number of hydrogen-bond donors (Lipinski definition) is 1.